The molecule has 2 aromatic heterocycles. The van der Waals surface area contributed by atoms with Crippen molar-refractivity contribution in [2.45, 2.75) is 0 Å². The molecule has 28 heavy (non-hydrogen) atoms. The fourth-order valence-corrected chi connectivity index (χ4v) is 2.62. The maximum atomic E-state index is 14.0. The molecule has 0 fully saturated rings. The largest absolute Gasteiger partial charge is 0.438 e. The van der Waals surface area contributed by atoms with Crippen LogP contribution in [0.25, 0.3) is 11.0 Å². The molecule has 0 atom stereocenters. The minimum atomic E-state index is -0.862. The molecule has 0 aliphatic carbocycles. The molecular formula is C21H13F2N3O2. The lowest BCUT2D eigenvalue weighted by molar-refractivity contribution is 0.102. The topological polar surface area (TPSA) is 67.5 Å². The second-order valence-corrected chi connectivity index (χ2v) is 5.88. The zero-order chi connectivity index (χ0) is 19.5. The number of benzene rings is 2. The number of nitrogens with one attached hydrogen (secondary N) is 1. The molecule has 0 radical (unpaired) electrons. The summed E-state index contributed by atoms with van der Waals surface area (Å²) >= 11 is 0. The number of hydrogen-bond acceptors (Lipinski definition) is 4. The summed E-state index contributed by atoms with van der Waals surface area (Å²) in [5.41, 5.74) is 0.316. The first-order valence-electron chi connectivity index (χ1n) is 8.35. The van der Waals surface area contributed by atoms with Crippen LogP contribution < -0.4 is 10.9 Å². The lowest BCUT2D eigenvalue weighted by Gasteiger charge is -2.06. The predicted molar refractivity (Wildman–Crippen MR) is 100.0 cm³/mol. The van der Waals surface area contributed by atoms with Crippen LogP contribution in [-0.2, 0) is 0 Å². The van der Waals surface area contributed by atoms with E-state index in [1.54, 1.807) is 54.7 Å². The number of carbonyl (C=O) groups is 1. The van der Waals surface area contributed by atoms with E-state index in [1.165, 1.54) is 6.07 Å². The summed E-state index contributed by atoms with van der Waals surface area (Å²) in [6.45, 7) is 0. The minimum absolute atomic E-state index is 0.0908. The van der Waals surface area contributed by atoms with Gasteiger partial charge in [0.1, 0.15) is 28.5 Å². The van der Waals surface area contributed by atoms with E-state index in [1.807, 2.05) is 0 Å². The lowest BCUT2D eigenvalue weighted by Crippen LogP contribution is -2.22. The fraction of sp³-hybridized carbons (Fsp3) is 0. The van der Waals surface area contributed by atoms with Crippen molar-refractivity contribution in [3.63, 3.8) is 0 Å². The number of aromatic nitrogens is 1. The van der Waals surface area contributed by atoms with Gasteiger partial charge in [-0.2, -0.15) is 0 Å². The molecule has 0 saturated carbocycles. The Labute approximate surface area is 158 Å². The monoisotopic (exact) mass is 377 g/mol. The Bertz CT molecular complexity index is 1240. The molecule has 0 bridgehead atoms. The van der Waals surface area contributed by atoms with E-state index in [-0.39, 0.29) is 16.8 Å². The molecule has 0 unspecified atom stereocenters. The highest BCUT2D eigenvalue weighted by molar-refractivity contribution is 6.04. The molecule has 1 amide bonds. The highest BCUT2D eigenvalue weighted by atomic mass is 19.1. The number of nitrogens with zero attached hydrogens (tertiary/aromatic N) is 2. The van der Waals surface area contributed by atoms with Crippen molar-refractivity contribution in [3.05, 3.63) is 95.7 Å². The summed E-state index contributed by atoms with van der Waals surface area (Å²) in [7, 11) is 0. The minimum Gasteiger partial charge on any atom is -0.438 e. The molecule has 5 nitrogen and oxygen atoms in total. The third-order valence-corrected chi connectivity index (χ3v) is 3.94. The van der Waals surface area contributed by atoms with Crippen molar-refractivity contribution < 1.29 is 18.0 Å². The third-order valence-electron chi connectivity index (χ3n) is 3.94. The SMILES string of the molecule is O=C(Nc1ccccn1)c1cc2ccccc2oc1=Nc1ccc(F)cc1F. The second-order valence-electron chi connectivity index (χ2n) is 5.88. The first kappa shape index (κ1) is 17.5. The van der Waals surface area contributed by atoms with Gasteiger partial charge in [-0.15, -0.1) is 0 Å². The molecule has 2 aromatic carbocycles. The van der Waals surface area contributed by atoms with E-state index < -0.39 is 17.5 Å². The second kappa shape index (κ2) is 7.40. The summed E-state index contributed by atoms with van der Waals surface area (Å²) in [6.07, 6.45) is 1.54. The number of rotatable bonds is 3. The molecule has 0 spiro atoms. The van der Waals surface area contributed by atoms with Gasteiger partial charge < -0.3 is 9.73 Å². The van der Waals surface area contributed by atoms with Gasteiger partial charge in [0, 0.05) is 17.6 Å². The van der Waals surface area contributed by atoms with Gasteiger partial charge in [0.2, 0.25) is 5.55 Å². The van der Waals surface area contributed by atoms with E-state index in [9.17, 15) is 13.6 Å². The van der Waals surface area contributed by atoms with Crippen LogP contribution in [0.1, 0.15) is 10.4 Å². The van der Waals surface area contributed by atoms with Crippen LogP contribution in [-0.4, -0.2) is 10.9 Å². The van der Waals surface area contributed by atoms with Crippen LogP contribution in [0.3, 0.4) is 0 Å². The van der Waals surface area contributed by atoms with Crippen molar-refractivity contribution in [3.8, 4) is 0 Å². The standard InChI is InChI=1S/C21H13F2N3O2/c22-14-8-9-17(16(23)12-14)25-21-15(11-13-5-1-2-6-18(13)28-21)20(27)26-19-7-3-4-10-24-19/h1-12H,(H,24,26,27). The summed E-state index contributed by atoms with van der Waals surface area (Å²) < 4.78 is 32.9. The maximum Gasteiger partial charge on any atom is 0.262 e. The van der Waals surface area contributed by atoms with E-state index in [2.05, 4.69) is 15.3 Å². The Morgan fingerprint density at radius 3 is 2.61 bits per heavy atom. The van der Waals surface area contributed by atoms with Crippen molar-refractivity contribution >= 4 is 28.4 Å². The molecule has 7 heteroatoms. The zero-order valence-corrected chi connectivity index (χ0v) is 14.4. The van der Waals surface area contributed by atoms with Gasteiger partial charge in [-0.25, -0.2) is 18.8 Å². The number of anilines is 1. The number of fused-ring (bicyclic) bond motifs is 1. The zero-order valence-electron chi connectivity index (χ0n) is 14.4. The van der Waals surface area contributed by atoms with Crippen molar-refractivity contribution in [2.24, 2.45) is 4.99 Å². The van der Waals surface area contributed by atoms with Crippen LogP contribution >= 0.6 is 0 Å². The number of carbonyl (C=O) groups excluding carboxylic acids is 1. The van der Waals surface area contributed by atoms with Crippen LogP contribution in [0.15, 0.2) is 82.3 Å². The molecule has 0 saturated heterocycles. The Hall–Kier alpha value is -3.87. The number of pyridine rings is 1. The first-order chi connectivity index (χ1) is 13.6. The molecule has 4 rings (SSSR count). The first-order valence-corrected chi connectivity index (χ1v) is 8.35. The average Bonchev–Trinajstić information content (AvgIpc) is 2.70. The Morgan fingerprint density at radius 2 is 1.82 bits per heavy atom. The molecule has 4 aromatic rings. The summed E-state index contributed by atoms with van der Waals surface area (Å²) in [5, 5.41) is 3.32. The van der Waals surface area contributed by atoms with E-state index >= 15 is 0 Å². The van der Waals surface area contributed by atoms with E-state index in [0.29, 0.717) is 22.9 Å². The number of hydrogen-bond donors (Lipinski definition) is 1. The smallest absolute Gasteiger partial charge is 0.262 e. The van der Waals surface area contributed by atoms with Crippen molar-refractivity contribution in [2.75, 3.05) is 5.32 Å². The van der Waals surface area contributed by atoms with Gasteiger partial charge in [0.25, 0.3) is 5.91 Å². The van der Waals surface area contributed by atoms with Crippen LogP contribution in [0.5, 0.6) is 0 Å². The highest BCUT2D eigenvalue weighted by Crippen LogP contribution is 2.19. The Kier molecular flexibility index (Phi) is 4.63. The van der Waals surface area contributed by atoms with E-state index in [0.717, 1.165) is 6.07 Å². The van der Waals surface area contributed by atoms with Crippen LogP contribution in [0.4, 0.5) is 20.3 Å². The van der Waals surface area contributed by atoms with Gasteiger partial charge in [0.05, 0.1) is 0 Å². The van der Waals surface area contributed by atoms with E-state index in [4.69, 9.17) is 4.42 Å². The van der Waals surface area contributed by atoms with Gasteiger partial charge in [-0.3, -0.25) is 4.79 Å². The molecule has 2 heterocycles. The molecule has 0 aliphatic heterocycles. The summed E-state index contributed by atoms with van der Waals surface area (Å²) in [4.78, 5) is 20.9. The molecule has 0 aliphatic rings. The summed E-state index contributed by atoms with van der Waals surface area (Å²) in [6, 6.07) is 16.7. The number of halogens is 2. The van der Waals surface area contributed by atoms with Crippen LogP contribution in [0.2, 0.25) is 0 Å². The maximum absolute atomic E-state index is 14.0. The van der Waals surface area contributed by atoms with Gasteiger partial charge in [-0.05, 0) is 36.4 Å². The molecular weight excluding hydrogens is 364 g/mol. The third kappa shape index (κ3) is 3.64. The predicted octanol–water partition coefficient (Wildman–Crippen LogP) is 4.59. The Morgan fingerprint density at radius 1 is 1.00 bits per heavy atom. The van der Waals surface area contributed by atoms with Crippen LogP contribution in [0, 0.1) is 11.6 Å². The molecule has 1 N–H and O–H groups in total. The fourth-order valence-electron chi connectivity index (χ4n) is 2.62. The number of amides is 1. The average molecular weight is 377 g/mol. The Balaban J connectivity index is 1.87. The van der Waals surface area contributed by atoms with Gasteiger partial charge in [-0.1, -0.05) is 24.3 Å². The lowest BCUT2D eigenvalue weighted by atomic mass is 10.1. The quantitative estimate of drug-likeness (QED) is 0.568. The van der Waals surface area contributed by atoms with Gasteiger partial charge in [0.15, 0.2) is 5.82 Å². The molecule has 138 valence electrons. The number of para-hydroxylation sites is 1. The summed E-state index contributed by atoms with van der Waals surface area (Å²) in [5.74, 6) is -1.76. The van der Waals surface area contributed by atoms with Crippen molar-refractivity contribution in [1.82, 2.24) is 4.98 Å². The normalized spacial score (nSPS) is 11.6. The van der Waals surface area contributed by atoms with Crippen molar-refractivity contribution in [1.29, 1.82) is 0 Å². The highest BCUT2D eigenvalue weighted by Gasteiger charge is 2.14. The van der Waals surface area contributed by atoms with Gasteiger partial charge >= 0.3 is 0 Å².